The number of nitrogens with one attached hydrogen (secondary N) is 1. The van der Waals surface area contributed by atoms with Gasteiger partial charge < -0.3 is 5.32 Å². The number of sulfonamides is 1. The Labute approximate surface area is 212 Å². The van der Waals surface area contributed by atoms with Gasteiger partial charge in [0, 0.05) is 20.9 Å². The van der Waals surface area contributed by atoms with Gasteiger partial charge in [-0.2, -0.15) is 4.31 Å². The topological polar surface area (TPSA) is 66.5 Å². The third-order valence-electron chi connectivity index (χ3n) is 5.04. The summed E-state index contributed by atoms with van der Waals surface area (Å²) in [6.45, 7) is 1.60. The highest BCUT2D eigenvalue weighted by atomic mass is 79.9. The first-order valence-corrected chi connectivity index (χ1v) is 14.0. The average Bonchev–Trinajstić information content (AvgIpc) is 2.80. The number of carbonyl (C=O) groups is 1. The first kappa shape index (κ1) is 25.8. The summed E-state index contributed by atoms with van der Waals surface area (Å²) in [5, 5.41) is 3.47. The van der Waals surface area contributed by atoms with Gasteiger partial charge in [0.1, 0.15) is 0 Å². The van der Waals surface area contributed by atoms with Gasteiger partial charge in [0.15, 0.2) is 0 Å². The summed E-state index contributed by atoms with van der Waals surface area (Å²) in [5.41, 5.74) is 1.68. The number of nitrogens with zero attached hydrogens (tertiary/aromatic N) is 1. The lowest BCUT2D eigenvalue weighted by molar-refractivity contribution is -0.122. The Morgan fingerprint density at radius 2 is 1.64 bits per heavy atom. The molecule has 0 fully saturated rings. The molecule has 3 aromatic carbocycles. The van der Waals surface area contributed by atoms with Crippen LogP contribution in [0.3, 0.4) is 0 Å². The fourth-order valence-corrected chi connectivity index (χ4v) is 5.38. The van der Waals surface area contributed by atoms with Crippen molar-refractivity contribution in [3.63, 3.8) is 0 Å². The van der Waals surface area contributed by atoms with E-state index in [1.165, 1.54) is 16.4 Å². The van der Waals surface area contributed by atoms with Crippen LogP contribution in [0.5, 0.6) is 0 Å². The predicted molar refractivity (Wildman–Crippen MR) is 138 cm³/mol. The van der Waals surface area contributed by atoms with Crippen LogP contribution >= 0.6 is 39.3 Å². The first-order valence-electron chi connectivity index (χ1n) is 10.1. The first-order chi connectivity index (χ1) is 15.7. The van der Waals surface area contributed by atoms with E-state index in [4.69, 9.17) is 11.6 Å². The maximum absolute atomic E-state index is 13.4. The van der Waals surface area contributed by atoms with Gasteiger partial charge in [-0.1, -0.05) is 51.8 Å². The zero-order valence-electron chi connectivity index (χ0n) is 18.2. The Morgan fingerprint density at radius 1 is 1.03 bits per heavy atom. The molecule has 0 saturated carbocycles. The second-order valence-corrected chi connectivity index (χ2v) is 11.6. The molecule has 0 unspecified atom stereocenters. The van der Waals surface area contributed by atoms with Gasteiger partial charge in [0.05, 0.1) is 17.5 Å². The molecule has 0 aromatic heterocycles. The molecular weight excluding hydrogens is 544 g/mol. The third kappa shape index (κ3) is 7.07. The van der Waals surface area contributed by atoms with Crippen LogP contribution in [0.1, 0.15) is 24.1 Å². The molecule has 0 aliphatic carbocycles. The predicted octanol–water partition coefficient (Wildman–Crippen LogP) is 5.89. The molecule has 3 rings (SSSR count). The summed E-state index contributed by atoms with van der Waals surface area (Å²) in [5.74, 6) is -0.383. The van der Waals surface area contributed by atoms with E-state index in [2.05, 4.69) is 21.2 Å². The zero-order chi connectivity index (χ0) is 24.0. The van der Waals surface area contributed by atoms with Crippen LogP contribution < -0.4 is 5.32 Å². The molecule has 0 aliphatic rings. The highest BCUT2D eigenvalue weighted by Crippen LogP contribution is 2.22. The van der Waals surface area contributed by atoms with Crippen LogP contribution in [-0.4, -0.2) is 31.4 Å². The molecule has 0 radical (unpaired) electrons. The summed E-state index contributed by atoms with van der Waals surface area (Å²) in [4.78, 5) is 14.1. The molecular formula is C24H24BrClN2O3S2. The lowest BCUT2D eigenvalue weighted by Gasteiger charge is -2.23. The maximum atomic E-state index is 13.4. The lowest BCUT2D eigenvalue weighted by Crippen LogP contribution is -2.41. The smallest absolute Gasteiger partial charge is 0.243 e. The molecule has 174 valence electrons. The molecule has 0 spiro atoms. The summed E-state index contributed by atoms with van der Waals surface area (Å²) in [7, 11) is -3.91. The molecule has 0 bridgehead atoms. The SMILES string of the molecule is CSc1ccc([C@H](C)NC(=O)CN(Cc2ccc(Cl)cc2)S(=O)(=O)c2ccc(Br)cc2)cc1. The van der Waals surface area contributed by atoms with Crippen molar-refractivity contribution < 1.29 is 13.2 Å². The van der Waals surface area contributed by atoms with E-state index >= 15 is 0 Å². The molecule has 9 heteroatoms. The Balaban J connectivity index is 1.81. The number of hydrogen-bond donors (Lipinski definition) is 1. The quantitative estimate of drug-likeness (QED) is 0.327. The van der Waals surface area contributed by atoms with E-state index in [0.717, 1.165) is 20.5 Å². The molecule has 33 heavy (non-hydrogen) atoms. The molecule has 1 amide bonds. The Hall–Kier alpha value is -1.84. The number of amides is 1. The van der Waals surface area contributed by atoms with Gasteiger partial charge in [-0.15, -0.1) is 11.8 Å². The second-order valence-electron chi connectivity index (χ2n) is 7.42. The van der Waals surface area contributed by atoms with Crippen molar-refractivity contribution in [3.8, 4) is 0 Å². The van der Waals surface area contributed by atoms with Gasteiger partial charge in [-0.25, -0.2) is 8.42 Å². The summed E-state index contributed by atoms with van der Waals surface area (Å²) in [6.07, 6.45) is 2.00. The van der Waals surface area contributed by atoms with Gasteiger partial charge in [0.25, 0.3) is 0 Å². The van der Waals surface area contributed by atoms with Crippen LogP contribution in [-0.2, 0) is 21.4 Å². The minimum absolute atomic E-state index is 0.0415. The van der Waals surface area contributed by atoms with Crippen molar-refractivity contribution in [2.75, 3.05) is 12.8 Å². The zero-order valence-corrected chi connectivity index (χ0v) is 22.1. The number of halogens is 2. The molecule has 3 aromatic rings. The normalized spacial score (nSPS) is 12.5. The summed E-state index contributed by atoms with van der Waals surface area (Å²) in [6, 6.07) is 20.9. The highest BCUT2D eigenvalue weighted by molar-refractivity contribution is 9.10. The summed E-state index contributed by atoms with van der Waals surface area (Å²) < 4.78 is 28.7. The van der Waals surface area contributed by atoms with Gasteiger partial charge in [0.2, 0.25) is 15.9 Å². The fraction of sp³-hybridized carbons (Fsp3) is 0.208. The molecule has 0 heterocycles. The average molecular weight is 568 g/mol. The van der Waals surface area contributed by atoms with Gasteiger partial charge in [-0.3, -0.25) is 4.79 Å². The highest BCUT2D eigenvalue weighted by Gasteiger charge is 2.27. The fourth-order valence-electron chi connectivity index (χ4n) is 3.20. The lowest BCUT2D eigenvalue weighted by atomic mass is 10.1. The monoisotopic (exact) mass is 566 g/mol. The molecule has 0 aliphatic heterocycles. The van der Waals surface area contributed by atoms with Gasteiger partial charge >= 0.3 is 0 Å². The maximum Gasteiger partial charge on any atom is 0.243 e. The second kappa shape index (κ2) is 11.5. The summed E-state index contributed by atoms with van der Waals surface area (Å²) >= 11 is 10.9. The van der Waals surface area contributed by atoms with Crippen molar-refractivity contribution in [1.82, 2.24) is 9.62 Å². The molecule has 1 N–H and O–H groups in total. The molecule has 1 atom stereocenters. The minimum Gasteiger partial charge on any atom is -0.348 e. The van der Waals surface area contributed by atoms with Crippen molar-refractivity contribution in [3.05, 3.63) is 93.4 Å². The standard InChI is InChI=1S/C24H24BrClN2O3S2/c1-17(19-5-11-22(32-2)12-6-19)27-24(29)16-28(15-18-3-9-21(26)10-4-18)33(30,31)23-13-7-20(25)8-14-23/h3-14,17H,15-16H2,1-2H3,(H,27,29)/t17-/m0/s1. The number of rotatable bonds is 9. The van der Waals surface area contributed by atoms with E-state index in [1.807, 2.05) is 37.4 Å². The van der Waals surface area contributed by atoms with Crippen LogP contribution in [0.4, 0.5) is 0 Å². The Kier molecular flexibility index (Phi) is 9.01. The number of hydrogen-bond acceptors (Lipinski definition) is 4. The molecule has 5 nitrogen and oxygen atoms in total. The van der Waals surface area contributed by atoms with E-state index in [1.54, 1.807) is 48.2 Å². The van der Waals surface area contributed by atoms with E-state index in [-0.39, 0.29) is 29.9 Å². The Morgan fingerprint density at radius 3 is 2.21 bits per heavy atom. The van der Waals surface area contributed by atoms with E-state index in [0.29, 0.717) is 5.02 Å². The van der Waals surface area contributed by atoms with Crippen molar-refractivity contribution in [2.24, 2.45) is 0 Å². The van der Waals surface area contributed by atoms with Gasteiger partial charge in [-0.05, 0) is 72.8 Å². The number of benzene rings is 3. The van der Waals surface area contributed by atoms with Crippen LogP contribution in [0.15, 0.2) is 87.1 Å². The minimum atomic E-state index is -3.91. The van der Waals surface area contributed by atoms with Crippen LogP contribution in [0.2, 0.25) is 5.02 Å². The number of carbonyl (C=O) groups excluding carboxylic acids is 1. The van der Waals surface area contributed by atoms with Crippen molar-refractivity contribution in [1.29, 1.82) is 0 Å². The third-order valence-corrected chi connectivity index (χ3v) is 8.37. The largest absolute Gasteiger partial charge is 0.348 e. The molecule has 0 saturated heterocycles. The van der Waals surface area contributed by atoms with E-state index in [9.17, 15) is 13.2 Å². The van der Waals surface area contributed by atoms with Crippen molar-refractivity contribution >= 4 is 55.2 Å². The van der Waals surface area contributed by atoms with E-state index < -0.39 is 10.0 Å². The Bertz CT molecular complexity index is 1190. The van der Waals surface area contributed by atoms with Crippen molar-refractivity contribution in [2.45, 2.75) is 29.3 Å². The van der Waals surface area contributed by atoms with Crippen LogP contribution in [0.25, 0.3) is 0 Å². The number of thioether (sulfide) groups is 1. The van der Waals surface area contributed by atoms with Crippen LogP contribution in [0, 0.1) is 0 Å².